The van der Waals surface area contributed by atoms with E-state index in [1.54, 1.807) is 13.8 Å². The second-order valence-corrected chi connectivity index (χ2v) is 18.9. The number of carbonyl (C=O) groups is 5. The molecule has 12 nitrogen and oxygen atoms in total. The highest BCUT2D eigenvalue weighted by Crippen LogP contribution is 2.90. The van der Waals surface area contributed by atoms with Crippen molar-refractivity contribution in [2.45, 2.75) is 163 Å². The average Bonchev–Trinajstić information content (AvgIpc) is 3.50. The molecule has 2 bridgehead atoms. The molecule has 0 aromatic rings. The molecule has 0 amide bonds. The van der Waals surface area contributed by atoms with Crippen LogP contribution in [-0.4, -0.2) is 78.4 Å². The van der Waals surface area contributed by atoms with Crippen LogP contribution in [0.3, 0.4) is 0 Å². The number of rotatable bonds is 7. The normalized spacial score (nSPS) is 47.6. The maximum Gasteiger partial charge on any atom is 0.303 e. The van der Waals surface area contributed by atoms with Crippen LogP contribution in [0.25, 0.3) is 0 Å². The molecule has 0 radical (unpaired) electrons. The van der Waals surface area contributed by atoms with Crippen LogP contribution in [0.15, 0.2) is 0 Å². The summed E-state index contributed by atoms with van der Waals surface area (Å²) in [7, 11) is 0. The molecular weight excluding hydrogens is 672 g/mol. The van der Waals surface area contributed by atoms with Crippen LogP contribution in [0.2, 0.25) is 0 Å². The zero-order chi connectivity index (χ0) is 38.2. The Morgan fingerprint density at radius 1 is 0.712 bits per heavy atom. The van der Waals surface area contributed by atoms with E-state index in [1.807, 2.05) is 0 Å². The molecule has 0 aromatic heterocycles. The van der Waals surface area contributed by atoms with Gasteiger partial charge in [0.1, 0.15) is 23.9 Å². The number of esters is 5. The highest BCUT2D eigenvalue weighted by molar-refractivity contribution is 5.68. The van der Waals surface area contributed by atoms with E-state index in [-0.39, 0.29) is 52.7 Å². The van der Waals surface area contributed by atoms with E-state index in [4.69, 9.17) is 33.2 Å². The van der Waals surface area contributed by atoms with Gasteiger partial charge in [-0.25, -0.2) is 0 Å². The fraction of sp³-hybridized carbons (Fsp3) is 0.875. The maximum absolute atomic E-state index is 13.3. The molecule has 290 valence electrons. The SMILES string of the molecule is CC(=O)OC[C@@H]1C[C@H]2O[C@@]3(O[C@@H]2C(C)(C)OC(C)=O)[C@H](OC(C)=O)[C@@]2(C)[C@@H]4CC[C@H]5C(C)(C)[C@@H](OC(C)=O)CC[C@@]56C[C@@]46C[C@@H](OC(C)=O)[C@]2(C)[C@@H]13. The van der Waals surface area contributed by atoms with Crippen LogP contribution in [0.5, 0.6) is 0 Å². The van der Waals surface area contributed by atoms with Gasteiger partial charge in [-0.2, -0.15) is 0 Å². The van der Waals surface area contributed by atoms with E-state index in [9.17, 15) is 24.0 Å². The van der Waals surface area contributed by atoms with Gasteiger partial charge in [0.25, 0.3) is 0 Å². The second kappa shape index (κ2) is 11.6. The molecule has 52 heavy (non-hydrogen) atoms. The van der Waals surface area contributed by atoms with E-state index in [0.717, 1.165) is 32.1 Å². The van der Waals surface area contributed by atoms with Crippen molar-refractivity contribution in [3.05, 3.63) is 0 Å². The van der Waals surface area contributed by atoms with E-state index in [1.165, 1.54) is 34.6 Å². The number of hydrogen-bond donors (Lipinski definition) is 0. The van der Waals surface area contributed by atoms with Crippen molar-refractivity contribution in [3.63, 3.8) is 0 Å². The molecule has 7 aliphatic rings. The lowest BCUT2D eigenvalue weighted by atomic mass is 9.40. The topological polar surface area (TPSA) is 150 Å². The smallest absolute Gasteiger partial charge is 0.303 e. The molecule has 0 unspecified atom stereocenters. The first kappa shape index (κ1) is 37.6. The van der Waals surface area contributed by atoms with E-state index in [0.29, 0.717) is 12.8 Å². The molecule has 0 N–H and O–H groups in total. The van der Waals surface area contributed by atoms with Crippen molar-refractivity contribution in [1.82, 2.24) is 0 Å². The van der Waals surface area contributed by atoms with Crippen LogP contribution in [0.1, 0.15) is 121 Å². The summed E-state index contributed by atoms with van der Waals surface area (Å²) in [5, 5.41) is 0. The van der Waals surface area contributed by atoms with E-state index in [2.05, 4.69) is 27.7 Å². The van der Waals surface area contributed by atoms with Crippen molar-refractivity contribution in [1.29, 1.82) is 0 Å². The van der Waals surface area contributed by atoms with Gasteiger partial charge < -0.3 is 33.2 Å². The molecule has 7 fully saturated rings. The molecule has 2 saturated heterocycles. The fourth-order valence-corrected chi connectivity index (χ4v) is 14.3. The summed E-state index contributed by atoms with van der Waals surface area (Å²) in [5.74, 6) is -4.11. The van der Waals surface area contributed by atoms with Crippen LogP contribution < -0.4 is 0 Å². The third-order valence-electron chi connectivity index (χ3n) is 15.7. The van der Waals surface area contributed by atoms with E-state index < -0.39 is 76.4 Å². The number of ether oxygens (including phenoxy) is 7. The summed E-state index contributed by atoms with van der Waals surface area (Å²) in [6.45, 7) is 19.5. The number of carbonyl (C=O) groups excluding carboxylic acids is 5. The van der Waals surface area contributed by atoms with Crippen molar-refractivity contribution >= 4 is 29.8 Å². The molecule has 2 heterocycles. The predicted molar refractivity (Wildman–Crippen MR) is 183 cm³/mol. The Morgan fingerprint density at radius 2 is 1.33 bits per heavy atom. The summed E-state index contributed by atoms with van der Waals surface area (Å²) in [5.41, 5.74) is -3.42. The Bertz CT molecular complexity index is 1570. The molecule has 0 aromatic carbocycles. The van der Waals surface area contributed by atoms with E-state index >= 15 is 0 Å². The molecular formula is C40H58O12. The third-order valence-corrected chi connectivity index (χ3v) is 15.7. The second-order valence-electron chi connectivity index (χ2n) is 18.9. The molecule has 7 rings (SSSR count). The average molecular weight is 731 g/mol. The zero-order valence-electron chi connectivity index (χ0n) is 32.8. The fourth-order valence-electron chi connectivity index (χ4n) is 14.3. The monoisotopic (exact) mass is 730 g/mol. The summed E-state index contributed by atoms with van der Waals surface area (Å²) >= 11 is 0. The van der Waals surface area contributed by atoms with Crippen LogP contribution in [0, 0.1) is 50.7 Å². The van der Waals surface area contributed by atoms with Crippen molar-refractivity contribution in [2.24, 2.45) is 50.7 Å². The first-order chi connectivity index (χ1) is 24.0. The summed E-state index contributed by atoms with van der Waals surface area (Å²) in [6.07, 6.45) is 2.31. The van der Waals surface area contributed by atoms with Gasteiger partial charge >= 0.3 is 29.8 Å². The Hall–Kier alpha value is -2.73. The van der Waals surface area contributed by atoms with Gasteiger partial charge in [-0.3, -0.25) is 24.0 Å². The number of hydrogen-bond acceptors (Lipinski definition) is 12. The van der Waals surface area contributed by atoms with Crippen LogP contribution >= 0.6 is 0 Å². The lowest BCUT2D eigenvalue weighted by Crippen LogP contribution is -2.65. The minimum atomic E-state index is -1.51. The van der Waals surface area contributed by atoms with Crippen molar-refractivity contribution in [2.75, 3.05) is 6.61 Å². The minimum Gasteiger partial charge on any atom is -0.466 e. The molecule has 5 saturated carbocycles. The molecule has 3 spiro atoms. The van der Waals surface area contributed by atoms with Crippen LogP contribution in [-0.2, 0) is 57.1 Å². The quantitative estimate of drug-likeness (QED) is 0.242. The third kappa shape index (κ3) is 4.80. The standard InChI is InChI=1S/C40H58O12/c1-20(41)46-18-25-16-26-32(35(8,9)50-24(5)45)52-40(51-26)31(25)37(11)30(48-22(3)43)17-39-19-38(39)15-14-29(47-21(2)42)34(6,7)27(38)12-13-28(39)36(37,10)33(40)49-23(4)44/h25-33H,12-19H2,1-11H3/t25-,26+,27-,28-,29-,30+,31+,32-,33+,36+,37+,38+,39-,40-/m0/s1. The Morgan fingerprint density at radius 3 is 1.92 bits per heavy atom. The van der Waals surface area contributed by atoms with Gasteiger partial charge in [0.05, 0.1) is 12.7 Å². The van der Waals surface area contributed by atoms with Gasteiger partial charge in [0, 0.05) is 62.7 Å². The van der Waals surface area contributed by atoms with Gasteiger partial charge in [0.15, 0.2) is 6.10 Å². The van der Waals surface area contributed by atoms with Crippen LogP contribution in [0.4, 0.5) is 0 Å². The van der Waals surface area contributed by atoms with Gasteiger partial charge in [-0.1, -0.05) is 27.7 Å². The minimum absolute atomic E-state index is 0.0269. The Balaban J connectivity index is 1.41. The Labute approximate surface area is 307 Å². The summed E-state index contributed by atoms with van der Waals surface area (Å²) in [6, 6.07) is 0. The molecule has 12 heteroatoms. The molecule has 5 aliphatic carbocycles. The largest absolute Gasteiger partial charge is 0.466 e. The highest BCUT2D eigenvalue weighted by Gasteiger charge is 2.91. The lowest BCUT2D eigenvalue weighted by molar-refractivity contribution is -0.290. The first-order valence-corrected chi connectivity index (χ1v) is 19.2. The summed E-state index contributed by atoms with van der Waals surface area (Å²) < 4.78 is 44.9. The van der Waals surface area contributed by atoms with Gasteiger partial charge in [-0.15, -0.1) is 0 Å². The molecule has 2 aliphatic heterocycles. The predicted octanol–water partition coefficient (Wildman–Crippen LogP) is 5.46. The maximum atomic E-state index is 13.3. The van der Waals surface area contributed by atoms with Crippen molar-refractivity contribution < 1.29 is 57.1 Å². The number of fused-ring (bicyclic) bond motifs is 4. The van der Waals surface area contributed by atoms with Crippen molar-refractivity contribution in [3.8, 4) is 0 Å². The zero-order valence-corrected chi connectivity index (χ0v) is 32.8. The highest BCUT2D eigenvalue weighted by atomic mass is 16.8. The Kier molecular flexibility index (Phi) is 8.41. The summed E-state index contributed by atoms with van der Waals surface area (Å²) in [4.78, 5) is 63.4. The lowest BCUT2D eigenvalue weighted by Gasteiger charge is -2.65. The molecule has 14 atom stereocenters. The van der Waals surface area contributed by atoms with Gasteiger partial charge in [-0.05, 0) is 81.5 Å². The van der Waals surface area contributed by atoms with Gasteiger partial charge in [0.2, 0.25) is 5.79 Å². The first-order valence-electron chi connectivity index (χ1n) is 19.2.